The zero-order valence-electron chi connectivity index (χ0n) is 18.0. The first-order chi connectivity index (χ1) is 13.2. The lowest BCUT2D eigenvalue weighted by atomic mass is 9.44. The third kappa shape index (κ3) is 2.89. The Bertz CT molecular complexity index is 657. The van der Waals surface area contributed by atoms with Crippen molar-refractivity contribution in [3.8, 4) is 0 Å². The highest BCUT2D eigenvalue weighted by atomic mass is 16.5. The van der Waals surface area contributed by atoms with Crippen molar-refractivity contribution >= 4 is 5.97 Å². The van der Waals surface area contributed by atoms with Crippen LogP contribution in [0.5, 0.6) is 0 Å². The van der Waals surface area contributed by atoms with Crippen molar-refractivity contribution in [2.24, 2.45) is 40.4 Å². The molecular weight excluding hydrogens is 352 g/mol. The van der Waals surface area contributed by atoms with Crippen molar-refractivity contribution in [1.82, 2.24) is 0 Å². The standard InChI is InChI=1S/C24H38O4/c1-14(11-22(27)28-4)18-7-8-19-17-6-5-15-12-16(25)9-10-23(15,2)20(17)13-21(26)24(18,19)3/h7,14-17,19-21,25-26H,5-6,8-13H2,1-4H3/t14-,15-,16-,17?,19?,20?,21+,23+,24-/m1/s1. The molecule has 28 heavy (non-hydrogen) atoms. The Kier molecular flexibility index (Phi) is 5.19. The molecule has 0 aromatic heterocycles. The minimum Gasteiger partial charge on any atom is -0.469 e. The number of rotatable bonds is 3. The molecule has 3 unspecified atom stereocenters. The molecule has 0 radical (unpaired) electrons. The van der Waals surface area contributed by atoms with Crippen LogP contribution in [0.25, 0.3) is 0 Å². The van der Waals surface area contributed by atoms with E-state index in [0.717, 1.165) is 32.1 Å². The molecular formula is C24H38O4. The van der Waals surface area contributed by atoms with Crippen LogP contribution in [0.15, 0.2) is 11.6 Å². The lowest BCUT2D eigenvalue weighted by molar-refractivity contribution is -0.157. The molecule has 4 heteroatoms. The number of aliphatic hydroxyl groups excluding tert-OH is 2. The topological polar surface area (TPSA) is 66.8 Å². The number of hydrogen-bond acceptors (Lipinski definition) is 4. The van der Waals surface area contributed by atoms with Gasteiger partial charge in [0.15, 0.2) is 0 Å². The van der Waals surface area contributed by atoms with E-state index in [0.29, 0.717) is 30.1 Å². The van der Waals surface area contributed by atoms with Crippen LogP contribution < -0.4 is 0 Å². The third-order valence-electron chi connectivity index (χ3n) is 9.62. The number of carbonyl (C=O) groups is 1. The van der Waals surface area contributed by atoms with Crippen LogP contribution in [-0.2, 0) is 9.53 Å². The Morgan fingerprint density at radius 3 is 2.68 bits per heavy atom. The van der Waals surface area contributed by atoms with Crippen molar-refractivity contribution in [2.75, 3.05) is 7.11 Å². The number of allylic oxidation sites excluding steroid dienone is 1. The smallest absolute Gasteiger partial charge is 0.306 e. The van der Waals surface area contributed by atoms with Gasteiger partial charge < -0.3 is 14.9 Å². The van der Waals surface area contributed by atoms with E-state index in [-0.39, 0.29) is 34.9 Å². The summed E-state index contributed by atoms with van der Waals surface area (Å²) in [5.74, 6) is 2.21. The molecule has 4 nitrogen and oxygen atoms in total. The highest BCUT2D eigenvalue weighted by molar-refractivity contribution is 5.70. The van der Waals surface area contributed by atoms with Crippen LogP contribution in [0, 0.1) is 40.4 Å². The van der Waals surface area contributed by atoms with Gasteiger partial charge in [0.05, 0.1) is 25.7 Å². The normalized spacial score (nSPS) is 48.7. The van der Waals surface area contributed by atoms with Gasteiger partial charge >= 0.3 is 5.97 Å². The molecule has 4 rings (SSSR count). The number of ether oxygens (including phenoxy) is 1. The average molecular weight is 391 g/mol. The van der Waals surface area contributed by atoms with Crippen LogP contribution in [-0.4, -0.2) is 35.5 Å². The molecule has 0 spiro atoms. The van der Waals surface area contributed by atoms with Crippen LogP contribution in [0.3, 0.4) is 0 Å². The predicted octanol–water partition coefficient (Wildman–Crippen LogP) is 4.10. The predicted molar refractivity (Wildman–Crippen MR) is 108 cm³/mol. The van der Waals surface area contributed by atoms with Gasteiger partial charge in [-0.05, 0) is 80.0 Å². The summed E-state index contributed by atoms with van der Waals surface area (Å²) in [5, 5.41) is 21.6. The molecule has 4 aliphatic rings. The van der Waals surface area contributed by atoms with Gasteiger partial charge in [-0.15, -0.1) is 0 Å². The maximum Gasteiger partial charge on any atom is 0.306 e. The molecule has 4 aliphatic carbocycles. The molecule has 0 aromatic carbocycles. The second-order valence-electron chi connectivity index (χ2n) is 10.7. The van der Waals surface area contributed by atoms with Gasteiger partial charge in [0.25, 0.3) is 0 Å². The van der Waals surface area contributed by atoms with E-state index < -0.39 is 0 Å². The van der Waals surface area contributed by atoms with Gasteiger partial charge in [0.1, 0.15) is 0 Å². The van der Waals surface area contributed by atoms with Gasteiger partial charge in [0.2, 0.25) is 0 Å². The molecule has 0 amide bonds. The third-order valence-corrected chi connectivity index (χ3v) is 9.62. The first-order valence-corrected chi connectivity index (χ1v) is 11.3. The second kappa shape index (κ2) is 7.12. The number of esters is 1. The Morgan fingerprint density at radius 2 is 1.96 bits per heavy atom. The van der Waals surface area contributed by atoms with E-state index in [2.05, 4.69) is 26.8 Å². The number of methoxy groups -OCH3 is 1. The minimum absolute atomic E-state index is 0.116. The number of fused-ring (bicyclic) bond motifs is 5. The van der Waals surface area contributed by atoms with Gasteiger partial charge in [-0.3, -0.25) is 4.79 Å². The fourth-order valence-electron chi connectivity index (χ4n) is 7.99. The maximum atomic E-state index is 11.8. The van der Waals surface area contributed by atoms with Crippen LogP contribution in [0.2, 0.25) is 0 Å². The Balaban J connectivity index is 1.59. The van der Waals surface area contributed by atoms with Crippen molar-refractivity contribution in [3.05, 3.63) is 11.6 Å². The van der Waals surface area contributed by atoms with E-state index in [9.17, 15) is 15.0 Å². The summed E-state index contributed by atoms with van der Waals surface area (Å²) in [5.41, 5.74) is 1.32. The quantitative estimate of drug-likeness (QED) is 0.562. The van der Waals surface area contributed by atoms with Crippen molar-refractivity contribution in [3.63, 3.8) is 0 Å². The molecule has 0 aromatic rings. The Labute approximate surface area is 169 Å². The SMILES string of the molecule is COC(=O)C[C@@H](C)C1=CCC2C3CC[C@@H]4C[C@H](O)CC[C@]4(C)C3C[C@H](O)[C@]12C. The summed E-state index contributed by atoms with van der Waals surface area (Å²) in [4.78, 5) is 11.8. The second-order valence-corrected chi connectivity index (χ2v) is 10.7. The van der Waals surface area contributed by atoms with Crippen LogP contribution in [0.1, 0.15) is 72.1 Å². The summed E-state index contributed by atoms with van der Waals surface area (Å²) >= 11 is 0. The number of aliphatic hydroxyl groups is 2. The summed E-state index contributed by atoms with van der Waals surface area (Å²) < 4.78 is 4.89. The lowest BCUT2D eigenvalue weighted by Gasteiger charge is -2.62. The van der Waals surface area contributed by atoms with Crippen LogP contribution >= 0.6 is 0 Å². The average Bonchev–Trinajstić information content (AvgIpc) is 3.02. The van der Waals surface area contributed by atoms with Gasteiger partial charge in [-0.25, -0.2) is 0 Å². The summed E-state index contributed by atoms with van der Waals surface area (Å²) in [6.07, 6.45) is 9.51. The fourth-order valence-corrected chi connectivity index (χ4v) is 7.99. The molecule has 3 saturated carbocycles. The highest BCUT2D eigenvalue weighted by Gasteiger charge is 2.61. The maximum absolute atomic E-state index is 11.8. The first kappa shape index (κ1) is 20.4. The van der Waals surface area contributed by atoms with Gasteiger partial charge in [-0.1, -0.05) is 32.4 Å². The van der Waals surface area contributed by atoms with E-state index in [1.807, 2.05) is 0 Å². The zero-order chi connectivity index (χ0) is 20.3. The summed E-state index contributed by atoms with van der Waals surface area (Å²) in [6.45, 7) is 6.80. The van der Waals surface area contributed by atoms with Crippen molar-refractivity contribution in [2.45, 2.75) is 84.3 Å². The Morgan fingerprint density at radius 1 is 1.21 bits per heavy atom. The van der Waals surface area contributed by atoms with E-state index >= 15 is 0 Å². The monoisotopic (exact) mass is 390 g/mol. The van der Waals surface area contributed by atoms with Gasteiger partial charge in [0, 0.05) is 5.41 Å². The number of carbonyl (C=O) groups excluding carboxylic acids is 1. The van der Waals surface area contributed by atoms with E-state index in [1.54, 1.807) is 0 Å². The number of hydrogen-bond donors (Lipinski definition) is 2. The molecule has 158 valence electrons. The minimum atomic E-state index is -0.352. The molecule has 0 heterocycles. The molecule has 0 aliphatic heterocycles. The lowest BCUT2D eigenvalue weighted by Crippen LogP contribution is -2.58. The largest absolute Gasteiger partial charge is 0.469 e. The van der Waals surface area contributed by atoms with E-state index in [4.69, 9.17) is 4.74 Å². The highest BCUT2D eigenvalue weighted by Crippen LogP contribution is 2.67. The Hall–Kier alpha value is -0.870. The van der Waals surface area contributed by atoms with Crippen molar-refractivity contribution < 1.29 is 19.7 Å². The molecule has 0 bridgehead atoms. The summed E-state index contributed by atoms with van der Waals surface area (Å²) in [6, 6.07) is 0. The molecule has 0 saturated heterocycles. The molecule has 9 atom stereocenters. The zero-order valence-corrected chi connectivity index (χ0v) is 18.0. The van der Waals surface area contributed by atoms with Crippen LogP contribution in [0.4, 0.5) is 0 Å². The van der Waals surface area contributed by atoms with Gasteiger partial charge in [-0.2, -0.15) is 0 Å². The molecule has 2 N–H and O–H groups in total. The summed E-state index contributed by atoms with van der Waals surface area (Å²) in [7, 11) is 1.45. The first-order valence-electron chi connectivity index (χ1n) is 11.3. The molecule has 3 fully saturated rings. The fraction of sp³-hybridized carbons (Fsp3) is 0.875. The van der Waals surface area contributed by atoms with Crippen molar-refractivity contribution in [1.29, 1.82) is 0 Å². The van der Waals surface area contributed by atoms with E-state index in [1.165, 1.54) is 25.5 Å².